The van der Waals surface area contributed by atoms with Gasteiger partial charge in [0.15, 0.2) is 5.13 Å². The van der Waals surface area contributed by atoms with E-state index in [1.807, 2.05) is 67.6 Å². The van der Waals surface area contributed by atoms with Crippen molar-refractivity contribution in [2.24, 2.45) is 0 Å². The molecule has 0 radical (unpaired) electrons. The minimum atomic E-state index is 0.0267. The molecule has 5 heteroatoms. The highest BCUT2D eigenvalue weighted by molar-refractivity contribution is 7.22. The van der Waals surface area contributed by atoms with Crippen molar-refractivity contribution >= 4 is 32.6 Å². The first-order valence-electron chi connectivity index (χ1n) is 10.1. The molecule has 0 saturated heterocycles. The summed E-state index contributed by atoms with van der Waals surface area (Å²) in [5.41, 5.74) is 4.15. The highest BCUT2D eigenvalue weighted by atomic mass is 32.1. The zero-order chi connectivity index (χ0) is 20.9. The lowest BCUT2D eigenvalue weighted by atomic mass is 10.1. The normalized spacial score (nSPS) is 10.9. The van der Waals surface area contributed by atoms with Crippen molar-refractivity contribution in [1.82, 2.24) is 4.98 Å². The van der Waals surface area contributed by atoms with E-state index in [0.29, 0.717) is 19.6 Å². The number of thiazole rings is 1. The van der Waals surface area contributed by atoms with Crippen LogP contribution in [0.5, 0.6) is 5.75 Å². The van der Waals surface area contributed by atoms with Gasteiger partial charge in [0, 0.05) is 0 Å². The van der Waals surface area contributed by atoms with Gasteiger partial charge in [-0.3, -0.25) is 9.69 Å². The van der Waals surface area contributed by atoms with Crippen LogP contribution in [0.1, 0.15) is 23.6 Å². The fourth-order valence-corrected chi connectivity index (χ4v) is 4.38. The van der Waals surface area contributed by atoms with Gasteiger partial charge in [-0.15, -0.1) is 0 Å². The number of nitrogens with zero attached hydrogens (tertiary/aromatic N) is 2. The first-order chi connectivity index (χ1) is 14.6. The predicted molar refractivity (Wildman–Crippen MR) is 123 cm³/mol. The fraction of sp³-hybridized carbons (Fsp3) is 0.200. The molecule has 1 aromatic heterocycles. The Hall–Kier alpha value is -3.18. The second kappa shape index (κ2) is 9.09. The number of hydrogen-bond acceptors (Lipinski definition) is 4. The van der Waals surface area contributed by atoms with E-state index in [4.69, 9.17) is 9.72 Å². The summed E-state index contributed by atoms with van der Waals surface area (Å²) in [7, 11) is 0. The number of amides is 1. The molecule has 4 nitrogen and oxygen atoms in total. The van der Waals surface area contributed by atoms with Crippen LogP contribution >= 0.6 is 11.3 Å². The molecule has 0 aliphatic carbocycles. The van der Waals surface area contributed by atoms with Gasteiger partial charge in [0.1, 0.15) is 5.75 Å². The van der Waals surface area contributed by atoms with E-state index in [9.17, 15) is 4.79 Å². The summed E-state index contributed by atoms with van der Waals surface area (Å²) >= 11 is 1.56. The van der Waals surface area contributed by atoms with Crippen molar-refractivity contribution in [1.29, 1.82) is 0 Å². The van der Waals surface area contributed by atoms with Crippen molar-refractivity contribution in [3.05, 3.63) is 89.5 Å². The number of benzene rings is 3. The Kier molecular flexibility index (Phi) is 6.10. The van der Waals surface area contributed by atoms with Crippen molar-refractivity contribution in [3.8, 4) is 5.75 Å². The van der Waals surface area contributed by atoms with Gasteiger partial charge >= 0.3 is 0 Å². The Morgan fingerprint density at radius 2 is 1.77 bits per heavy atom. The quantitative estimate of drug-likeness (QED) is 0.383. The molecular weight excluding hydrogens is 392 g/mol. The van der Waals surface area contributed by atoms with Gasteiger partial charge in [-0.1, -0.05) is 59.9 Å². The summed E-state index contributed by atoms with van der Waals surface area (Å²) in [6, 6.07) is 23.9. The maximum absolute atomic E-state index is 13.3. The molecule has 0 spiro atoms. The van der Waals surface area contributed by atoms with Crippen LogP contribution in [0.2, 0.25) is 0 Å². The zero-order valence-electron chi connectivity index (χ0n) is 17.2. The number of hydrogen-bond donors (Lipinski definition) is 0. The lowest BCUT2D eigenvalue weighted by Crippen LogP contribution is -2.31. The van der Waals surface area contributed by atoms with Gasteiger partial charge in [0.25, 0.3) is 0 Å². The van der Waals surface area contributed by atoms with Gasteiger partial charge in [-0.05, 0) is 54.8 Å². The third-order valence-electron chi connectivity index (χ3n) is 4.84. The van der Waals surface area contributed by atoms with Crippen molar-refractivity contribution in [3.63, 3.8) is 0 Å². The highest BCUT2D eigenvalue weighted by Gasteiger charge is 2.20. The van der Waals surface area contributed by atoms with Crippen LogP contribution in [0, 0.1) is 6.92 Å². The summed E-state index contributed by atoms with van der Waals surface area (Å²) in [5.74, 6) is 0.843. The lowest BCUT2D eigenvalue weighted by molar-refractivity contribution is -0.118. The molecule has 4 rings (SSSR count). The Labute approximate surface area is 180 Å². The van der Waals surface area contributed by atoms with E-state index in [0.717, 1.165) is 32.2 Å². The summed E-state index contributed by atoms with van der Waals surface area (Å²) < 4.78 is 6.60. The number of fused-ring (bicyclic) bond motifs is 1. The topological polar surface area (TPSA) is 42.4 Å². The first kappa shape index (κ1) is 20.1. The minimum absolute atomic E-state index is 0.0267. The molecule has 0 atom stereocenters. The maximum Gasteiger partial charge on any atom is 0.233 e. The van der Waals surface area contributed by atoms with Crippen LogP contribution in [-0.4, -0.2) is 17.5 Å². The van der Waals surface area contributed by atoms with Gasteiger partial charge in [0.05, 0.1) is 29.8 Å². The van der Waals surface area contributed by atoms with Gasteiger partial charge in [-0.25, -0.2) is 4.98 Å². The van der Waals surface area contributed by atoms with Crippen LogP contribution in [0.3, 0.4) is 0 Å². The summed E-state index contributed by atoms with van der Waals surface area (Å²) in [5, 5.41) is 0.732. The Morgan fingerprint density at radius 3 is 2.50 bits per heavy atom. The highest BCUT2D eigenvalue weighted by Crippen LogP contribution is 2.31. The number of rotatable bonds is 7. The van der Waals surface area contributed by atoms with Gasteiger partial charge in [-0.2, -0.15) is 0 Å². The van der Waals surface area contributed by atoms with Crippen LogP contribution in [0.25, 0.3) is 10.2 Å². The number of carbonyl (C=O) groups is 1. The minimum Gasteiger partial charge on any atom is -0.494 e. The predicted octanol–water partition coefficient (Wildman–Crippen LogP) is 5.78. The molecule has 0 fully saturated rings. The summed E-state index contributed by atoms with van der Waals surface area (Å²) in [4.78, 5) is 19.9. The van der Waals surface area contributed by atoms with E-state index in [1.54, 1.807) is 16.2 Å². The molecule has 0 aliphatic heterocycles. The molecule has 0 bridgehead atoms. The summed E-state index contributed by atoms with van der Waals surface area (Å²) in [6.45, 7) is 5.14. The smallest absolute Gasteiger partial charge is 0.233 e. The third kappa shape index (κ3) is 4.69. The van der Waals surface area contributed by atoms with E-state index in [1.165, 1.54) is 5.56 Å². The molecule has 0 N–H and O–H groups in total. The van der Waals surface area contributed by atoms with Crippen LogP contribution in [-0.2, 0) is 17.8 Å². The molecule has 1 amide bonds. The molecule has 152 valence electrons. The standard InChI is InChI=1S/C25H24N2O2S/c1-3-29-21-12-10-19(11-13-21)16-24(28)27(17-20-7-5-4-6-8-20)25-26-22-14-9-18(2)15-23(22)30-25/h4-15H,3,16-17H2,1-2H3. The van der Waals surface area contributed by atoms with E-state index < -0.39 is 0 Å². The average Bonchev–Trinajstić information content (AvgIpc) is 3.17. The second-order valence-corrected chi connectivity index (χ2v) is 8.20. The SMILES string of the molecule is CCOc1ccc(CC(=O)N(Cc2ccccc2)c2nc3ccc(C)cc3s2)cc1. The number of ether oxygens (including phenoxy) is 1. The molecule has 4 aromatic rings. The van der Waals surface area contributed by atoms with Crippen molar-refractivity contribution in [2.45, 2.75) is 26.8 Å². The molecule has 1 heterocycles. The van der Waals surface area contributed by atoms with E-state index >= 15 is 0 Å². The molecular formula is C25H24N2O2S. The number of anilines is 1. The lowest BCUT2D eigenvalue weighted by Gasteiger charge is -2.20. The Balaban J connectivity index is 1.62. The summed E-state index contributed by atoms with van der Waals surface area (Å²) in [6.07, 6.45) is 0.314. The second-order valence-electron chi connectivity index (χ2n) is 7.19. The maximum atomic E-state index is 13.3. The van der Waals surface area contributed by atoms with Crippen LogP contribution < -0.4 is 9.64 Å². The number of carbonyl (C=O) groups excluding carboxylic acids is 1. The Bertz CT molecular complexity index is 1140. The van der Waals surface area contributed by atoms with E-state index in [2.05, 4.69) is 19.1 Å². The molecule has 30 heavy (non-hydrogen) atoms. The monoisotopic (exact) mass is 416 g/mol. The molecule has 0 unspecified atom stereocenters. The third-order valence-corrected chi connectivity index (χ3v) is 5.88. The first-order valence-corrected chi connectivity index (χ1v) is 10.9. The van der Waals surface area contributed by atoms with E-state index in [-0.39, 0.29) is 5.91 Å². The van der Waals surface area contributed by atoms with Crippen LogP contribution in [0.4, 0.5) is 5.13 Å². The molecule has 0 aliphatic rings. The Morgan fingerprint density at radius 1 is 1.00 bits per heavy atom. The van der Waals surface area contributed by atoms with Crippen LogP contribution in [0.15, 0.2) is 72.8 Å². The molecule has 0 saturated carbocycles. The zero-order valence-corrected chi connectivity index (χ0v) is 18.0. The number of aromatic nitrogens is 1. The number of aryl methyl sites for hydroxylation is 1. The average molecular weight is 417 g/mol. The van der Waals surface area contributed by atoms with Crippen molar-refractivity contribution < 1.29 is 9.53 Å². The fourth-order valence-electron chi connectivity index (χ4n) is 3.30. The van der Waals surface area contributed by atoms with Gasteiger partial charge in [0.2, 0.25) is 5.91 Å². The largest absolute Gasteiger partial charge is 0.494 e. The van der Waals surface area contributed by atoms with Crippen molar-refractivity contribution in [2.75, 3.05) is 11.5 Å². The van der Waals surface area contributed by atoms with Gasteiger partial charge < -0.3 is 4.74 Å². The molecule has 3 aromatic carbocycles.